The number of primary amides is 2. The van der Waals surface area contributed by atoms with Crippen LogP contribution in [0.4, 0.5) is 13.2 Å². The lowest BCUT2D eigenvalue weighted by Gasteiger charge is -2.26. The molecule has 11 nitrogen and oxygen atoms in total. The van der Waals surface area contributed by atoms with Gasteiger partial charge in [0, 0.05) is 29.7 Å². The minimum atomic E-state index is -5.30. The molecule has 14 heteroatoms. The molecule has 0 radical (unpaired) electrons. The highest BCUT2D eigenvalue weighted by atomic mass is 19.4. The Balaban J connectivity index is 1.98. The molecular weight excluding hydrogens is 573 g/mol. The molecule has 2 aromatic carbocycles. The molecule has 0 bridgehead atoms. The molecule has 1 aliphatic rings. The summed E-state index contributed by atoms with van der Waals surface area (Å²) in [5.41, 5.74) is 10.9. The Morgan fingerprint density at radius 3 is 2.23 bits per heavy atom. The van der Waals surface area contributed by atoms with Gasteiger partial charge < -0.3 is 30.6 Å². The number of Topliss-reactive ketones (excluding diaryl/α,β-unsaturated/α-hetero) is 1. The summed E-state index contributed by atoms with van der Waals surface area (Å²) in [6.45, 7) is 6.63. The molecule has 0 aliphatic carbocycles. The van der Waals surface area contributed by atoms with Gasteiger partial charge in [0.1, 0.15) is 11.6 Å². The van der Waals surface area contributed by atoms with Crippen molar-refractivity contribution in [2.24, 2.45) is 11.5 Å². The van der Waals surface area contributed by atoms with Gasteiger partial charge in [-0.1, -0.05) is 20.8 Å². The number of carbonyl (C=O) groups is 4. The first-order chi connectivity index (χ1) is 19.9. The van der Waals surface area contributed by atoms with Crippen LogP contribution in [0.5, 0.6) is 17.2 Å². The van der Waals surface area contributed by atoms with Crippen LogP contribution in [0.2, 0.25) is 0 Å². The Hall–Kier alpha value is -4.62. The molecule has 0 unspecified atom stereocenters. The number of nitrogens with zero attached hydrogens (tertiary/aromatic N) is 1. The number of amides is 2. The summed E-state index contributed by atoms with van der Waals surface area (Å²) < 4.78 is 55.3. The van der Waals surface area contributed by atoms with Gasteiger partial charge >= 0.3 is 12.1 Å². The van der Waals surface area contributed by atoms with Crippen LogP contribution in [0.15, 0.2) is 24.3 Å². The Morgan fingerprint density at radius 1 is 1.00 bits per heavy atom. The zero-order chi connectivity index (χ0) is 32.3. The van der Waals surface area contributed by atoms with Gasteiger partial charge in [0.05, 0.1) is 25.3 Å². The molecule has 3 rings (SSSR count). The number of alkyl halides is 3. The summed E-state index contributed by atoms with van der Waals surface area (Å²) in [5.74, 6) is -4.92. The van der Waals surface area contributed by atoms with E-state index in [4.69, 9.17) is 31.1 Å². The molecule has 232 valence electrons. The maximum absolute atomic E-state index is 13.5. The molecule has 43 heavy (non-hydrogen) atoms. The second-order valence-corrected chi connectivity index (χ2v) is 10.8. The maximum atomic E-state index is 13.5. The van der Waals surface area contributed by atoms with Crippen LogP contribution < -0.4 is 25.7 Å². The smallest absolute Gasteiger partial charge is 0.491 e. The average Bonchev–Trinajstić information content (AvgIpc) is 3.19. The number of fused-ring (bicyclic) bond motifs is 1. The first-order valence-corrected chi connectivity index (χ1v) is 13.3. The molecule has 2 aromatic rings. The summed E-state index contributed by atoms with van der Waals surface area (Å²) in [4.78, 5) is 49.9. The van der Waals surface area contributed by atoms with Crippen LogP contribution in [0.25, 0.3) is 0 Å². The van der Waals surface area contributed by atoms with Crippen molar-refractivity contribution in [3.05, 3.63) is 52.1 Å². The lowest BCUT2D eigenvalue weighted by molar-refractivity contribution is -0.189. The molecule has 0 fully saturated rings. The fraction of sp³-hybridized carbons (Fsp3) is 0.414. The number of ether oxygens (including phenoxy) is 3. The van der Waals surface area contributed by atoms with Crippen molar-refractivity contribution in [3.63, 3.8) is 0 Å². The van der Waals surface area contributed by atoms with Crippen molar-refractivity contribution in [2.45, 2.75) is 58.7 Å². The SMILES string of the molecule is CCOc1cc2c(cc1C(N)=O)C(=N)N(CC(=O)c1cc(OCCCC(N)=O)c(OC(=O)C(F)(F)F)c(C(C)(C)C)c1)C2. The predicted octanol–water partition coefficient (Wildman–Crippen LogP) is 3.62. The number of hydrogen-bond donors (Lipinski definition) is 3. The highest BCUT2D eigenvalue weighted by Crippen LogP contribution is 2.41. The zero-order valence-electron chi connectivity index (χ0n) is 24.1. The molecule has 0 aromatic heterocycles. The Kier molecular flexibility index (Phi) is 9.72. The second kappa shape index (κ2) is 12.7. The van der Waals surface area contributed by atoms with Gasteiger partial charge in [-0.2, -0.15) is 13.2 Å². The van der Waals surface area contributed by atoms with E-state index in [1.807, 2.05) is 0 Å². The van der Waals surface area contributed by atoms with Crippen molar-refractivity contribution in [2.75, 3.05) is 19.8 Å². The summed E-state index contributed by atoms with van der Waals surface area (Å²) >= 11 is 0. The van der Waals surface area contributed by atoms with E-state index in [-0.39, 0.29) is 73.2 Å². The highest BCUT2D eigenvalue weighted by molar-refractivity contribution is 6.07. The van der Waals surface area contributed by atoms with Gasteiger partial charge in [-0.15, -0.1) is 0 Å². The molecular formula is C29H33F3N4O7. The molecule has 1 aliphatic heterocycles. The quantitative estimate of drug-likeness (QED) is 0.142. The normalized spacial score (nSPS) is 13.0. The van der Waals surface area contributed by atoms with Crippen LogP contribution in [0, 0.1) is 5.41 Å². The van der Waals surface area contributed by atoms with E-state index in [1.54, 1.807) is 33.8 Å². The van der Waals surface area contributed by atoms with E-state index in [1.165, 1.54) is 17.0 Å². The number of carbonyl (C=O) groups excluding carboxylic acids is 4. The molecule has 5 N–H and O–H groups in total. The van der Waals surface area contributed by atoms with E-state index >= 15 is 0 Å². The van der Waals surface area contributed by atoms with Crippen molar-refractivity contribution in [1.82, 2.24) is 4.90 Å². The number of esters is 1. The number of halogens is 3. The third-order valence-electron chi connectivity index (χ3n) is 6.47. The maximum Gasteiger partial charge on any atom is 0.491 e. The minimum Gasteiger partial charge on any atom is -0.493 e. The number of hydrogen-bond acceptors (Lipinski definition) is 8. The Labute approximate surface area is 245 Å². The topological polar surface area (TPSA) is 175 Å². The molecule has 0 atom stereocenters. The number of ketones is 1. The number of amidine groups is 1. The fourth-order valence-corrected chi connectivity index (χ4v) is 4.41. The van der Waals surface area contributed by atoms with Crippen LogP contribution in [-0.2, 0) is 21.5 Å². The van der Waals surface area contributed by atoms with Crippen molar-refractivity contribution in [1.29, 1.82) is 5.41 Å². The average molecular weight is 607 g/mol. The van der Waals surface area contributed by atoms with E-state index in [0.717, 1.165) is 6.07 Å². The number of nitrogens with one attached hydrogen (secondary N) is 1. The van der Waals surface area contributed by atoms with Crippen molar-refractivity contribution < 1.29 is 46.6 Å². The van der Waals surface area contributed by atoms with Gasteiger partial charge in [-0.3, -0.25) is 19.8 Å². The standard InChI is InChI=1S/C29H33F3N4O7/c1-5-41-21-11-16-13-36(25(34)17(16)12-18(21)26(35)39)14-20(37)15-9-19(28(2,3)4)24(43-27(40)29(30,31)32)22(10-15)42-8-6-7-23(33)38/h9-12,34H,5-8,13-14H2,1-4H3,(H2,33,38)(H2,35,39). The Morgan fingerprint density at radius 2 is 1.67 bits per heavy atom. The van der Waals surface area contributed by atoms with Crippen LogP contribution in [0.1, 0.15) is 77.9 Å². The third kappa shape index (κ3) is 7.81. The van der Waals surface area contributed by atoms with E-state index < -0.39 is 40.9 Å². The van der Waals surface area contributed by atoms with E-state index in [9.17, 15) is 32.3 Å². The first kappa shape index (κ1) is 32.9. The van der Waals surface area contributed by atoms with Crippen LogP contribution in [0.3, 0.4) is 0 Å². The van der Waals surface area contributed by atoms with Crippen molar-refractivity contribution >= 4 is 29.4 Å². The summed E-state index contributed by atoms with van der Waals surface area (Å²) in [7, 11) is 0. The van der Waals surface area contributed by atoms with Gasteiger partial charge in [-0.05, 0) is 48.6 Å². The lowest BCUT2D eigenvalue weighted by atomic mass is 9.84. The van der Waals surface area contributed by atoms with Crippen molar-refractivity contribution in [3.8, 4) is 17.2 Å². The third-order valence-corrected chi connectivity index (χ3v) is 6.47. The van der Waals surface area contributed by atoms with Crippen LogP contribution in [-0.4, -0.2) is 60.2 Å². The monoisotopic (exact) mass is 606 g/mol. The van der Waals surface area contributed by atoms with Crippen LogP contribution >= 0.6 is 0 Å². The summed E-state index contributed by atoms with van der Waals surface area (Å²) in [5, 5.41) is 8.61. The van der Waals surface area contributed by atoms with Gasteiger partial charge in [0.25, 0.3) is 5.91 Å². The molecule has 0 spiro atoms. The summed E-state index contributed by atoms with van der Waals surface area (Å²) in [6.07, 6.45) is -5.25. The molecule has 0 saturated carbocycles. The van der Waals surface area contributed by atoms with Gasteiger partial charge in [0.2, 0.25) is 5.91 Å². The first-order valence-electron chi connectivity index (χ1n) is 13.3. The number of nitrogens with two attached hydrogens (primary N) is 2. The van der Waals surface area contributed by atoms with Gasteiger partial charge in [-0.25, -0.2) is 4.79 Å². The van der Waals surface area contributed by atoms with E-state index in [2.05, 4.69) is 0 Å². The Bertz CT molecular complexity index is 1470. The highest BCUT2D eigenvalue weighted by Gasteiger charge is 2.43. The second-order valence-electron chi connectivity index (χ2n) is 10.8. The number of benzene rings is 2. The lowest BCUT2D eigenvalue weighted by Crippen LogP contribution is -2.31. The summed E-state index contributed by atoms with van der Waals surface area (Å²) in [6, 6.07) is 5.52. The molecule has 2 amide bonds. The minimum absolute atomic E-state index is 0.0261. The zero-order valence-corrected chi connectivity index (χ0v) is 24.1. The van der Waals surface area contributed by atoms with Gasteiger partial charge in [0.15, 0.2) is 17.3 Å². The molecule has 1 heterocycles. The fourth-order valence-electron chi connectivity index (χ4n) is 4.41. The van der Waals surface area contributed by atoms with E-state index in [0.29, 0.717) is 11.1 Å². The predicted molar refractivity (Wildman–Crippen MR) is 148 cm³/mol. The number of rotatable bonds is 12. The molecule has 0 saturated heterocycles. The largest absolute Gasteiger partial charge is 0.493 e.